The highest BCUT2D eigenvalue weighted by atomic mass is 16.5. The Balaban J connectivity index is 1.56. The number of aryl methyl sites for hydroxylation is 1. The molecule has 1 aromatic heterocycles. The number of hydrogen-bond donors (Lipinski definition) is 1. The summed E-state index contributed by atoms with van der Waals surface area (Å²) >= 11 is 0. The highest BCUT2D eigenvalue weighted by Crippen LogP contribution is 2.22. The molecule has 170 valence electrons. The Morgan fingerprint density at radius 3 is 2.27 bits per heavy atom. The van der Waals surface area contributed by atoms with Crippen LogP contribution in [0.15, 0.2) is 76.5 Å². The molecule has 2 aromatic carbocycles. The second-order valence-corrected chi connectivity index (χ2v) is 7.18. The summed E-state index contributed by atoms with van der Waals surface area (Å²) in [5.74, 6) is -0.0292. The molecule has 0 saturated carbocycles. The second kappa shape index (κ2) is 10.3. The number of carbonyl (C=O) groups is 2. The number of para-hydroxylation sites is 1. The average Bonchev–Trinajstić information content (AvgIpc) is 2.81. The van der Waals surface area contributed by atoms with Crippen molar-refractivity contribution in [2.45, 2.75) is 13.0 Å². The van der Waals surface area contributed by atoms with Gasteiger partial charge >= 0.3 is 11.7 Å². The lowest BCUT2D eigenvalue weighted by molar-refractivity contribution is -0.148. The minimum atomic E-state index is -1.08. The van der Waals surface area contributed by atoms with Crippen molar-refractivity contribution in [3.8, 4) is 11.5 Å². The van der Waals surface area contributed by atoms with Crippen molar-refractivity contribution in [2.24, 2.45) is 14.1 Å². The first-order valence-electron chi connectivity index (χ1n) is 10.0. The van der Waals surface area contributed by atoms with E-state index in [0.29, 0.717) is 17.2 Å². The first-order valence-corrected chi connectivity index (χ1v) is 10.0. The van der Waals surface area contributed by atoms with Gasteiger partial charge in [0, 0.05) is 32.1 Å². The molecule has 0 aliphatic carbocycles. The molecule has 3 rings (SSSR count). The quantitative estimate of drug-likeness (QED) is 0.439. The van der Waals surface area contributed by atoms with E-state index in [2.05, 4.69) is 5.32 Å². The van der Waals surface area contributed by atoms with Crippen molar-refractivity contribution in [2.75, 3.05) is 5.32 Å². The lowest BCUT2D eigenvalue weighted by atomic mass is 10.2. The molecule has 0 spiro atoms. The van der Waals surface area contributed by atoms with Crippen molar-refractivity contribution < 1.29 is 19.1 Å². The Kier molecular flexibility index (Phi) is 7.24. The van der Waals surface area contributed by atoms with Crippen LogP contribution in [-0.2, 0) is 28.4 Å². The van der Waals surface area contributed by atoms with Gasteiger partial charge in [-0.3, -0.25) is 14.2 Å². The van der Waals surface area contributed by atoms with E-state index in [-0.39, 0.29) is 5.56 Å². The summed E-state index contributed by atoms with van der Waals surface area (Å²) in [7, 11) is 2.83. The number of carbonyl (C=O) groups excluding carboxylic acids is 2. The average molecular weight is 449 g/mol. The van der Waals surface area contributed by atoms with E-state index in [1.807, 2.05) is 30.3 Å². The van der Waals surface area contributed by atoms with Gasteiger partial charge in [0.2, 0.25) is 0 Å². The van der Waals surface area contributed by atoms with Gasteiger partial charge in [0.1, 0.15) is 11.5 Å². The van der Waals surface area contributed by atoms with Crippen LogP contribution in [0.3, 0.4) is 0 Å². The molecular weight excluding hydrogens is 426 g/mol. The smallest absolute Gasteiger partial charge is 0.331 e. The number of hydrogen-bond acceptors (Lipinski definition) is 6. The Morgan fingerprint density at radius 1 is 0.970 bits per heavy atom. The van der Waals surface area contributed by atoms with Gasteiger partial charge in [-0.25, -0.2) is 9.59 Å². The molecule has 0 bridgehead atoms. The highest BCUT2D eigenvalue weighted by molar-refractivity contribution is 5.96. The number of esters is 1. The van der Waals surface area contributed by atoms with Crippen LogP contribution in [0.1, 0.15) is 12.5 Å². The summed E-state index contributed by atoms with van der Waals surface area (Å²) in [6.07, 6.45) is 2.50. The summed E-state index contributed by atoms with van der Waals surface area (Å²) < 4.78 is 12.9. The molecule has 9 heteroatoms. The maximum atomic E-state index is 12.3. The zero-order valence-corrected chi connectivity index (χ0v) is 18.3. The molecule has 1 atom stereocenters. The monoisotopic (exact) mass is 449 g/mol. The van der Waals surface area contributed by atoms with Crippen LogP contribution in [0.2, 0.25) is 0 Å². The fourth-order valence-electron chi connectivity index (χ4n) is 2.85. The molecule has 33 heavy (non-hydrogen) atoms. The van der Waals surface area contributed by atoms with Gasteiger partial charge in [-0.1, -0.05) is 18.2 Å². The summed E-state index contributed by atoms with van der Waals surface area (Å²) in [4.78, 5) is 48.2. The van der Waals surface area contributed by atoms with Gasteiger partial charge in [-0.15, -0.1) is 0 Å². The maximum Gasteiger partial charge on any atom is 0.331 e. The molecule has 1 heterocycles. The van der Waals surface area contributed by atoms with Crippen LogP contribution in [-0.4, -0.2) is 27.1 Å². The molecule has 9 nitrogen and oxygen atoms in total. The Hall–Kier alpha value is -4.40. The number of nitrogens with one attached hydrogen (secondary N) is 1. The number of benzene rings is 2. The Morgan fingerprint density at radius 2 is 1.61 bits per heavy atom. The van der Waals surface area contributed by atoms with Crippen molar-refractivity contribution in [1.29, 1.82) is 0 Å². The Labute approximate surface area is 189 Å². The van der Waals surface area contributed by atoms with Crippen LogP contribution < -0.4 is 21.3 Å². The normalized spacial score (nSPS) is 11.7. The molecule has 1 N–H and O–H groups in total. The third kappa shape index (κ3) is 6.07. The number of ether oxygens (including phenoxy) is 2. The largest absolute Gasteiger partial charge is 0.457 e. The summed E-state index contributed by atoms with van der Waals surface area (Å²) in [6, 6.07) is 16.0. The number of aromatic nitrogens is 2. The van der Waals surface area contributed by atoms with E-state index in [4.69, 9.17) is 9.47 Å². The van der Waals surface area contributed by atoms with Crippen LogP contribution in [0.25, 0.3) is 6.08 Å². The zero-order valence-electron chi connectivity index (χ0n) is 18.3. The van der Waals surface area contributed by atoms with Gasteiger partial charge in [-0.05, 0) is 49.4 Å². The van der Waals surface area contributed by atoms with Gasteiger partial charge in [0.15, 0.2) is 6.10 Å². The zero-order chi connectivity index (χ0) is 24.0. The number of nitrogens with zero attached hydrogens (tertiary/aromatic N) is 2. The van der Waals surface area contributed by atoms with Gasteiger partial charge < -0.3 is 19.4 Å². The topological polar surface area (TPSA) is 109 Å². The van der Waals surface area contributed by atoms with E-state index in [0.717, 1.165) is 10.6 Å². The molecular formula is C24H23N3O6. The van der Waals surface area contributed by atoms with E-state index < -0.39 is 29.2 Å². The molecule has 0 aliphatic heterocycles. The molecule has 0 radical (unpaired) electrons. The van der Waals surface area contributed by atoms with Gasteiger partial charge in [0.25, 0.3) is 11.5 Å². The summed E-state index contributed by atoms with van der Waals surface area (Å²) in [5, 5.41) is 2.66. The number of rotatable bonds is 7. The molecule has 0 fully saturated rings. The summed E-state index contributed by atoms with van der Waals surface area (Å²) in [5.41, 5.74) is -0.392. The van der Waals surface area contributed by atoms with Crippen molar-refractivity contribution >= 4 is 23.6 Å². The minimum Gasteiger partial charge on any atom is -0.457 e. The second-order valence-electron chi connectivity index (χ2n) is 7.18. The Bertz CT molecular complexity index is 1290. The lowest BCUT2D eigenvalue weighted by Crippen LogP contribution is -2.37. The first-order chi connectivity index (χ1) is 15.7. The predicted octanol–water partition coefficient (Wildman–Crippen LogP) is 2.46. The first kappa shape index (κ1) is 23.3. The third-order valence-corrected chi connectivity index (χ3v) is 4.63. The van der Waals surface area contributed by atoms with Gasteiger partial charge in [-0.2, -0.15) is 0 Å². The van der Waals surface area contributed by atoms with E-state index >= 15 is 0 Å². The predicted molar refractivity (Wildman–Crippen MR) is 123 cm³/mol. The SMILES string of the molecule is CC(OC(=O)/C=C/c1cn(C)c(=O)n(C)c1=O)C(=O)Nc1ccc(Oc2ccccc2)cc1. The van der Waals surface area contributed by atoms with Crippen LogP contribution >= 0.6 is 0 Å². The fraction of sp³-hybridized carbons (Fsp3) is 0.167. The van der Waals surface area contributed by atoms with Crippen LogP contribution in [0.4, 0.5) is 5.69 Å². The van der Waals surface area contributed by atoms with Crippen molar-refractivity contribution in [1.82, 2.24) is 9.13 Å². The van der Waals surface area contributed by atoms with Crippen molar-refractivity contribution in [3.63, 3.8) is 0 Å². The van der Waals surface area contributed by atoms with Crippen molar-refractivity contribution in [3.05, 3.63) is 93.3 Å². The third-order valence-electron chi connectivity index (χ3n) is 4.63. The molecule has 0 saturated heterocycles. The van der Waals surface area contributed by atoms with E-state index in [1.54, 1.807) is 24.3 Å². The van der Waals surface area contributed by atoms with Gasteiger partial charge in [0.05, 0.1) is 5.56 Å². The van der Waals surface area contributed by atoms with E-state index in [9.17, 15) is 19.2 Å². The summed E-state index contributed by atoms with van der Waals surface area (Å²) in [6.45, 7) is 1.43. The molecule has 3 aromatic rings. The molecule has 1 unspecified atom stereocenters. The molecule has 1 amide bonds. The lowest BCUT2D eigenvalue weighted by Gasteiger charge is -2.13. The fourth-order valence-corrected chi connectivity index (χ4v) is 2.85. The van der Waals surface area contributed by atoms with Crippen LogP contribution in [0.5, 0.6) is 11.5 Å². The van der Waals surface area contributed by atoms with Crippen LogP contribution in [0, 0.1) is 0 Å². The minimum absolute atomic E-state index is 0.131. The maximum absolute atomic E-state index is 12.3. The number of anilines is 1. The number of amides is 1. The van der Waals surface area contributed by atoms with E-state index in [1.165, 1.54) is 37.9 Å². The standard InChI is InChI=1S/C24H23N3O6/c1-16(32-21(28)14-9-17-15-26(2)24(31)27(3)23(17)30)22(29)25-18-10-12-20(13-11-18)33-19-7-5-4-6-8-19/h4-16H,1-3H3,(H,25,29)/b14-9+. The molecule has 0 aliphatic rings. The highest BCUT2D eigenvalue weighted by Gasteiger charge is 2.17.